The lowest BCUT2D eigenvalue weighted by atomic mass is 10.1. The van der Waals surface area contributed by atoms with E-state index in [0.29, 0.717) is 11.1 Å². The molecule has 0 saturated carbocycles. The highest BCUT2D eigenvalue weighted by atomic mass is 32.2. The highest BCUT2D eigenvalue weighted by Crippen LogP contribution is 2.27. The molecule has 0 spiro atoms. The Morgan fingerprint density at radius 1 is 1.16 bits per heavy atom. The molecule has 7 nitrogen and oxygen atoms in total. The summed E-state index contributed by atoms with van der Waals surface area (Å²) in [5.74, 6) is 0.120. The minimum Gasteiger partial charge on any atom is -0.411 e. The van der Waals surface area contributed by atoms with E-state index in [1.807, 2.05) is 0 Å². The van der Waals surface area contributed by atoms with Gasteiger partial charge in [-0.1, -0.05) is 23.9 Å². The number of nitrogens with zero attached hydrogens (tertiary/aromatic N) is 3. The maximum atomic E-state index is 12.9. The predicted octanol–water partition coefficient (Wildman–Crippen LogP) is 3.61. The third-order valence-electron chi connectivity index (χ3n) is 3.35. The van der Waals surface area contributed by atoms with Gasteiger partial charge >= 0.3 is 0 Å². The first-order valence-electron chi connectivity index (χ1n) is 7.17. The van der Waals surface area contributed by atoms with Crippen LogP contribution in [0.15, 0.2) is 58.2 Å². The normalized spacial score (nSPS) is 12.1. The average molecular weight is 361 g/mol. The first-order chi connectivity index (χ1) is 12.0. The van der Waals surface area contributed by atoms with Crippen molar-refractivity contribution < 1.29 is 18.8 Å². The van der Waals surface area contributed by atoms with Gasteiger partial charge in [0.15, 0.2) is 0 Å². The van der Waals surface area contributed by atoms with E-state index >= 15 is 0 Å². The number of halogens is 1. The lowest BCUT2D eigenvalue weighted by Crippen LogP contribution is -2.00. The Labute approximate surface area is 145 Å². The van der Waals surface area contributed by atoms with Crippen molar-refractivity contribution in [2.24, 2.45) is 0 Å². The number of hydrogen-bond donors (Lipinski definition) is 1. The topological polar surface area (TPSA) is 102 Å². The molecule has 3 aromatic rings. The molecule has 1 atom stereocenters. The summed E-state index contributed by atoms with van der Waals surface area (Å²) in [6.45, 7) is 0. The molecule has 3 rings (SSSR count). The number of benzene rings is 2. The van der Waals surface area contributed by atoms with Crippen molar-refractivity contribution >= 4 is 17.4 Å². The first kappa shape index (κ1) is 17.1. The van der Waals surface area contributed by atoms with Crippen LogP contribution in [-0.4, -0.2) is 26.0 Å². The molecule has 1 N–H and O–H groups in total. The molecule has 1 unspecified atom stereocenters. The van der Waals surface area contributed by atoms with Crippen molar-refractivity contribution in [2.75, 3.05) is 5.75 Å². The van der Waals surface area contributed by atoms with Gasteiger partial charge in [0.1, 0.15) is 5.82 Å². The number of rotatable bonds is 6. The zero-order valence-electron chi connectivity index (χ0n) is 12.7. The van der Waals surface area contributed by atoms with Crippen LogP contribution >= 0.6 is 11.8 Å². The van der Waals surface area contributed by atoms with E-state index in [4.69, 9.17) is 4.42 Å². The second kappa shape index (κ2) is 7.41. The summed E-state index contributed by atoms with van der Waals surface area (Å²) in [5, 5.41) is 28.7. The van der Waals surface area contributed by atoms with Crippen LogP contribution in [-0.2, 0) is 0 Å². The van der Waals surface area contributed by atoms with Gasteiger partial charge in [-0.25, -0.2) is 4.39 Å². The van der Waals surface area contributed by atoms with E-state index in [2.05, 4.69) is 10.2 Å². The van der Waals surface area contributed by atoms with Crippen LogP contribution in [0.4, 0.5) is 10.1 Å². The van der Waals surface area contributed by atoms with Crippen molar-refractivity contribution in [2.45, 2.75) is 11.3 Å². The van der Waals surface area contributed by atoms with Crippen molar-refractivity contribution in [1.29, 1.82) is 0 Å². The molecule has 1 aromatic heterocycles. The number of non-ortho nitro benzene ring substituents is 1. The number of aliphatic hydroxyl groups is 1. The SMILES string of the molecule is O=[N+]([O-])c1ccc(-c2nnc(SCC(O)c3ccc(F)cc3)o2)cc1. The second-order valence-corrected chi connectivity index (χ2v) is 6.03. The summed E-state index contributed by atoms with van der Waals surface area (Å²) in [7, 11) is 0. The van der Waals surface area contributed by atoms with E-state index in [0.717, 1.165) is 11.8 Å². The molecule has 0 aliphatic heterocycles. The minimum atomic E-state index is -0.805. The Bertz CT molecular complexity index is 868. The summed E-state index contributed by atoms with van der Waals surface area (Å²) < 4.78 is 18.4. The highest BCUT2D eigenvalue weighted by Gasteiger charge is 2.14. The third-order valence-corrected chi connectivity index (χ3v) is 4.25. The maximum absolute atomic E-state index is 12.9. The smallest absolute Gasteiger partial charge is 0.276 e. The predicted molar refractivity (Wildman–Crippen MR) is 88.5 cm³/mol. The minimum absolute atomic E-state index is 0.0275. The Morgan fingerprint density at radius 3 is 2.48 bits per heavy atom. The fourth-order valence-electron chi connectivity index (χ4n) is 2.04. The highest BCUT2D eigenvalue weighted by molar-refractivity contribution is 7.99. The molecule has 0 aliphatic rings. The molecule has 0 bridgehead atoms. The van der Waals surface area contributed by atoms with E-state index in [9.17, 15) is 19.6 Å². The lowest BCUT2D eigenvalue weighted by Gasteiger charge is -2.08. The van der Waals surface area contributed by atoms with Gasteiger partial charge in [-0.15, -0.1) is 10.2 Å². The average Bonchev–Trinajstić information content (AvgIpc) is 3.09. The number of hydrogen-bond acceptors (Lipinski definition) is 7. The van der Waals surface area contributed by atoms with Crippen LogP contribution < -0.4 is 0 Å². The van der Waals surface area contributed by atoms with Gasteiger partial charge in [-0.2, -0.15) is 0 Å². The lowest BCUT2D eigenvalue weighted by molar-refractivity contribution is -0.384. The maximum Gasteiger partial charge on any atom is 0.276 e. The first-order valence-corrected chi connectivity index (χ1v) is 8.16. The number of nitro benzene ring substituents is 1. The summed E-state index contributed by atoms with van der Waals surface area (Å²) in [6.07, 6.45) is -0.805. The van der Waals surface area contributed by atoms with Gasteiger partial charge in [-0.3, -0.25) is 10.1 Å². The molecule has 0 saturated heterocycles. The summed E-state index contributed by atoms with van der Waals surface area (Å²) in [6, 6.07) is 11.3. The standard InChI is InChI=1S/C16H12FN3O4S/c17-12-5-1-10(2-6-12)14(21)9-25-16-19-18-15(24-16)11-3-7-13(8-4-11)20(22)23/h1-8,14,21H,9H2. The quantitative estimate of drug-likeness (QED) is 0.406. The summed E-state index contributed by atoms with van der Waals surface area (Å²) in [4.78, 5) is 10.2. The molecule has 2 aromatic carbocycles. The van der Waals surface area contributed by atoms with Crippen LogP contribution in [0.5, 0.6) is 0 Å². The van der Waals surface area contributed by atoms with E-state index in [1.165, 1.54) is 48.5 Å². The molecule has 0 aliphatic carbocycles. The Morgan fingerprint density at radius 2 is 1.84 bits per heavy atom. The van der Waals surface area contributed by atoms with Gasteiger partial charge in [0, 0.05) is 23.4 Å². The molecule has 0 amide bonds. The summed E-state index contributed by atoms with van der Waals surface area (Å²) in [5.41, 5.74) is 1.12. The zero-order valence-corrected chi connectivity index (χ0v) is 13.5. The van der Waals surface area contributed by atoms with Crippen molar-refractivity contribution in [3.05, 3.63) is 70.0 Å². The van der Waals surface area contributed by atoms with Crippen molar-refractivity contribution in [1.82, 2.24) is 10.2 Å². The van der Waals surface area contributed by atoms with Crippen LogP contribution in [0, 0.1) is 15.9 Å². The molecule has 128 valence electrons. The van der Waals surface area contributed by atoms with Gasteiger partial charge in [0.25, 0.3) is 10.9 Å². The van der Waals surface area contributed by atoms with Gasteiger partial charge < -0.3 is 9.52 Å². The number of aliphatic hydroxyl groups excluding tert-OH is 1. The van der Waals surface area contributed by atoms with Gasteiger partial charge in [0.05, 0.1) is 11.0 Å². The second-order valence-electron chi connectivity index (χ2n) is 5.06. The molecule has 0 radical (unpaired) electrons. The number of thioether (sulfide) groups is 1. The van der Waals surface area contributed by atoms with Crippen LogP contribution in [0.1, 0.15) is 11.7 Å². The molecule has 1 heterocycles. The Hall–Kier alpha value is -2.78. The Balaban J connectivity index is 1.63. The number of nitro groups is 1. The van der Waals surface area contributed by atoms with Crippen molar-refractivity contribution in [3.8, 4) is 11.5 Å². The van der Waals surface area contributed by atoms with Crippen molar-refractivity contribution in [3.63, 3.8) is 0 Å². The molecule has 0 fully saturated rings. The fraction of sp³-hybridized carbons (Fsp3) is 0.125. The Kier molecular flexibility index (Phi) is 5.05. The molecule has 25 heavy (non-hydrogen) atoms. The summed E-state index contributed by atoms with van der Waals surface area (Å²) >= 11 is 1.16. The van der Waals surface area contributed by atoms with Crippen LogP contribution in [0.2, 0.25) is 0 Å². The van der Waals surface area contributed by atoms with Crippen LogP contribution in [0.3, 0.4) is 0 Å². The van der Waals surface area contributed by atoms with Gasteiger partial charge in [-0.05, 0) is 29.8 Å². The zero-order chi connectivity index (χ0) is 17.8. The number of aromatic nitrogens is 2. The van der Waals surface area contributed by atoms with Gasteiger partial charge in [0.2, 0.25) is 5.89 Å². The molecular formula is C16H12FN3O4S. The fourth-order valence-corrected chi connectivity index (χ4v) is 2.77. The van der Waals surface area contributed by atoms with Crippen LogP contribution in [0.25, 0.3) is 11.5 Å². The van der Waals surface area contributed by atoms with E-state index in [-0.39, 0.29) is 28.4 Å². The largest absolute Gasteiger partial charge is 0.411 e. The van der Waals surface area contributed by atoms with E-state index < -0.39 is 11.0 Å². The molecule has 9 heteroatoms. The van der Waals surface area contributed by atoms with E-state index in [1.54, 1.807) is 0 Å². The third kappa shape index (κ3) is 4.20. The molecular weight excluding hydrogens is 349 g/mol. The monoisotopic (exact) mass is 361 g/mol.